The first kappa shape index (κ1) is 13.1. The van der Waals surface area contributed by atoms with Gasteiger partial charge in [0.05, 0.1) is 6.54 Å². The van der Waals surface area contributed by atoms with E-state index in [2.05, 4.69) is 34.4 Å². The third kappa shape index (κ3) is 3.00. The Bertz CT molecular complexity index is 690. The van der Waals surface area contributed by atoms with Gasteiger partial charge >= 0.3 is 0 Å². The lowest BCUT2D eigenvalue weighted by Crippen LogP contribution is -2.20. The van der Waals surface area contributed by atoms with Crippen molar-refractivity contribution >= 4 is 28.1 Å². The van der Waals surface area contributed by atoms with Crippen LogP contribution in [-0.4, -0.2) is 23.5 Å². The molecule has 0 unspecified atom stereocenters. The number of anilines is 1. The van der Waals surface area contributed by atoms with Gasteiger partial charge in [-0.05, 0) is 37.0 Å². The summed E-state index contributed by atoms with van der Waals surface area (Å²) in [7, 11) is 2.08. The highest BCUT2D eigenvalue weighted by atomic mass is 32.1. The van der Waals surface area contributed by atoms with Crippen LogP contribution in [-0.2, 0) is 13.0 Å². The van der Waals surface area contributed by atoms with E-state index >= 15 is 0 Å². The fourth-order valence-electron chi connectivity index (χ4n) is 2.12. The number of aromatic nitrogens is 1. The van der Waals surface area contributed by atoms with E-state index in [9.17, 15) is 0 Å². The molecular weight excluding hydrogens is 270 g/mol. The Morgan fingerprint density at radius 1 is 1.35 bits per heavy atom. The molecule has 4 nitrogen and oxygen atoms in total. The Kier molecular flexibility index (Phi) is 3.71. The van der Waals surface area contributed by atoms with Gasteiger partial charge in [0.15, 0.2) is 5.58 Å². The van der Waals surface area contributed by atoms with Crippen LogP contribution < -0.4 is 5.73 Å². The number of hydrogen-bond donors (Lipinski definition) is 1. The first-order valence-electron chi connectivity index (χ1n) is 6.56. The first-order valence-corrected chi connectivity index (χ1v) is 7.44. The lowest BCUT2D eigenvalue weighted by Gasteiger charge is -2.13. The fraction of sp³-hybridized carbons (Fsp3) is 0.267. The molecule has 0 saturated heterocycles. The zero-order valence-electron chi connectivity index (χ0n) is 11.4. The third-order valence-corrected chi connectivity index (χ3v) is 4.12. The number of nitrogens with two attached hydrogens (primary N) is 1. The molecule has 3 aromatic rings. The summed E-state index contributed by atoms with van der Waals surface area (Å²) in [4.78, 5) is 8.10. The summed E-state index contributed by atoms with van der Waals surface area (Å²) in [6.45, 7) is 1.70. The molecule has 2 heterocycles. The molecule has 0 aliphatic carbocycles. The summed E-state index contributed by atoms with van der Waals surface area (Å²) < 4.78 is 5.73. The molecule has 0 spiro atoms. The number of thiophene rings is 1. The monoisotopic (exact) mass is 287 g/mol. The highest BCUT2D eigenvalue weighted by Crippen LogP contribution is 2.19. The minimum Gasteiger partial charge on any atom is -0.439 e. The number of oxazole rings is 1. The van der Waals surface area contributed by atoms with Gasteiger partial charge in [-0.3, -0.25) is 4.90 Å². The van der Waals surface area contributed by atoms with Crippen LogP contribution in [0.4, 0.5) is 5.69 Å². The number of nitrogen functional groups attached to an aromatic ring is 1. The van der Waals surface area contributed by atoms with Crippen molar-refractivity contribution in [3.8, 4) is 0 Å². The second kappa shape index (κ2) is 5.64. The largest absolute Gasteiger partial charge is 0.439 e. The molecule has 5 heteroatoms. The van der Waals surface area contributed by atoms with Crippen LogP contribution in [0.2, 0.25) is 0 Å². The Labute approximate surface area is 121 Å². The summed E-state index contributed by atoms with van der Waals surface area (Å²) in [6, 6.07) is 9.81. The average Bonchev–Trinajstić information content (AvgIpc) is 3.04. The molecule has 2 N–H and O–H groups in total. The number of rotatable bonds is 5. The lowest BCUT2D eigenvalue weighted by molar-refractivity contribution is 0.296. The molecule has 0 fully saturated rings. The van der Waals surface area contributed by atoms with Crippen LogP contribution in [0.25, 0.3) is 11.1 Å². The van der Waals surface area contributed by atoms with Gasteiger partial charge in [-0.25, -0.2) is 4.98 Å². The minimum absolute atomic E-state index is 0.700. The van der Waals surface area contributed by atoms with Crippen molar-refractivity contribution < 1.29 is 4.42 Å². The molecular formula is C15H17N3OS. The first-order chi connectivity index (χ1) is 9.70. The smallest absolute Gasteiger partial charge is 0.209 e. The lowest BCUT2D eigenvalue weighted by atomic mass is 10.3. The molecule has 1 aromatic carbocycles. The molecule has 0 saturated carbocycles. The van der Waals surface area contributed by atoms with E-state index in [-0.39, 0.29) is 0 Å². The third-order valence-electron chi connectivity index (χ3n) is 3.18. The van der Waals surface area contributed by atoms with Gasteiger partial charge in [0.1, 0.15) is 5.52 Å². The van der Waals surface area contributed by atoms with Crippen molar-refractivity contribution in [3.05, 3.63) is 46.5 Å². The van der Waals surface area contributed by atoms with Crippen LogP contribution >= 0.6 is 11.3 Å². The standard InChI is InChI=1S/C15H17N3OS/c1-18(7-6-12-3-2-8-20-12)10-15-17-13-5-4-11(16)9-14(13)19-15/h2-5,8-9H,6-7,10,16H2,1H3. The van der Waals surface area contributed by atoms with E-state index in [0.29, 0.717) is 12.2 Å². The van der Waals surface area contributed by atoms with Crippen molar-refractivity contribution in [2.45, 2.75) is 13.0 Å². The Hall–Kier alpha value is -1.85. The Morgan fingerprint density at radius 3 is 3.05 bits per heavy atom. The summed E-state index contributed by atoms with van der Waals surface area (Å²) in [5, 5.41) is 2.11. The van der Waals surface area contributed by atoms with Crippen LogP contribution in [0.15, 0.2) is 40.1 Å². The van der Waals surface area contributed by atoms with Crippen LogP contribution in [0.1, 0.15) is 10.8 Å². The minimum atomic E-state index is 0.700. The quantitative estimate of drug-likeness (QED) is 0.732. The maximum atomic E-state index is 5.74. The molecule has 2 aromatic heterocycles. The topological polar surface area (TPSA) is 55.3 Å². The number of fused-ring (bicyclic) bond motifs is 1. The second-order valence-corrected chi connectivity index (χ2v) is 5.93. The van der Waals surface area contributed by atoms with E-state index in [1.165, 1.54) is 4.88 Å². The van der Waals surface area contributed by atoms with Gasteiger partial charge in [-0.15, -0.1) is 11.3 Å². The van der Waals surface area contributed by atoms with E-state index in [1.54, 1.807) is 11.3 Å². The molecule has 0 bridgehead atoms. The summed E-state index contributed by atoms with van der Waals surface area (Å²) >= 11 is 1.80. The predicted molar refractivity (Wildman–Crippen MR) is 82.8 cm³/mol. The van der Waals surface area contributed by atoms with Crippen molar-refractivity contribution in [1.82, 2.24) is 9.88 Å². The molecule has 0 aliphatic heterocycles. The van der Waals surface area contributed by atoms with E-state index in [4.69, 9.17) is 10.2 Å². The summed E-state index contributed by atoms with van der Waals surface area (Å²) in [5.41, 5.74) is 8.06. The van der Waals surface area contributed by atoms with Gasteiger partial charge in [0, 0.05) is 23.2 Å². The molecule has 3 rings (SSSR count). The number of likely N-dealkylation sites (N-methyl/N-ethyl adjacent to an activating group) is 1. The van der Waals surface area contributed by atoms with Crippen molar-refractivity contribution in [1.29, 1.82) is 0 Å². The van der Waals surface area contributed by atoms with Crippen LogP contribution in [0, 0.1) is 0 Å². The molecule has 0 amide bonds. The SMILES string of the molecule is CN(CCc1cccs1)Cc1nc2ccc(N)cc2o1. The highest BCUT2D eigenvalue weighted by molar-refractivity contribution is 7.09. The average molecular weight is 287 g/mol. The van der Waals surface area contributed by atoms with E-state index in [1.807, 2.05) is 18.2 Å². The van der Waals surface area contributed by atoms with Crippen molar-refractivity contribution in [2.24, 2.45) is 0 Å². The molecule has 104 valence electrons. The number of nitrogens with zero attached hydrogens (tertiary/aromatic N) is 2. The molecule has 0 radical (unpaired) electrons. The van der Waals surface area contributed by atoms with E-state index in [0.717, 1.165) is 30.0 Å². The van der Waals surface area contributed by atoms with Crippen molar-refractivity contribution in [3.63, 3.8) is 0 Å². The van der Waals surface area contributed by atoms with Crippen LogP contribution in [0.5, 0.6) is 0 Å². The second-order valence-electron chi connectivity index (χ2n) is 4.90. The van der Waals surface area contributed by atoms with E-state index < -0.39 is 0 Å². The maximum absolute atomic E-state index is 5.74. The number of benzene rings is 1. The highest BCUT2D eigenvalue weighted by Gasteiger charge is 2.09. The number of hydrogen-bond acceptors (Lipinski definition) is 5. The summed E-state index contributed by atoms with van der Waals surface area (Å²) in [6.07, 6.45) is 1.06. The van der Waals surface area contributed by atoms with Gasteiger partial charge in [0.2, 0.25) is 5.89 Å². The van der Waals surface area contributed by atoms with Gasteiger partial charge in [0.25, 0.3) is 0 Å². The van der Waals surface area contributed by atoms with Crippen molar-refractivity contribution in [2.75, 3.05) is 19.3 Å². The van der Waals surface area contributed by atoms with Gasteiger partial charge in [-0.1, -0.05) is 6.07 Å². The van der Waals surface area contributed by atoms with Gasteiger partial charge in [-0.2, -0.15) is 0 Å². The molecule has 0 atom stereocenters. The predicted octanol–water partition coefficient (Wildman–Crippen LogP) is 3.15. The Balaban J connectivity index is 1.63. The molecule has 0 aliphatic rings. The normalized spacial score (nSPS) is 11.5. The van der Waals surface area contributed by atoms with Crippen LogP contribution in [0.3, 0.4) is 0 Å². The Morgan fingerprint density at radius 2 is 2.25 bits per heavy atom. The zero-order chi connectivity index (χ0) is 13.9. The zero-order valence-corrected chi connectivity index (χ0v) is 12.2. The van der Waals surface area contributed by atoms with Gasteiger partial charge < -0.3 is 10.2 Å². The summed E-state index contributed by atoms with van der Waals surface area (Å²) in [5.74, 6) is 0.735. The maximum Gasteiger partial charge on any atom is 0.209 e. The fourth-order valence-corrected chi connectivity index (χ4v) is 2.82. The molecule has 20 heavy (non-hydrogen) atoms.